The Labute approximate surface area is 153 Å². The number of carbonyl (C=O) groups excluding carboxylic acids is 1. The average Bonchev–Trinajstić information content (AvgIpc) is 3.10. The molecule has 130 valence electrons. The molecule has 0 saturated heterocycles. The number of thiophene rings is 1. The van der Waals surface area contributed by atoms with Crippen LogP contribution in [0.15, 0.2) is 21.2 Å². The molecule has 1 aliphatic rings. The first-order chi connectivity index (χ1) is 11.8. The number of thioether (sulfide) groups is 1. The van der Waals surface area contributed by atoms with Gasteiger partial charge in [-0.3, -0.25) is 4.79 Å². The second kappa shape index (κ2) is 8.80. The number of anilines is 1. The lowest BCUT2D eigenvalue weighted by molar-refractivity contribution is -0.129. The Bertz CT molecular complexity index is 643. The van der Waals surface area contributed by atoms with E-state index in [-0.39, 0.29) is 5.91 Å². The average molecular weight is 385 g/mol. The lowest BCUT2D eigenvalue weighted by Gasteiger charge is -2.21. The predicted molar refractivity (Wildman–Crippen MR) is 98.9 cm³/mol. The van der Waals surface area contributed by atoms with Crippen molar-refractivity contribution >= 4 is 45.5 Å². The Kier molecular flexibility index (Phi) is 6.47. The number of ether oxygens (including phenoxy) is 1. The number of methoxy groups -OCH3 is 1. The molecule has 1 fully saturated rings. The van der Waals surface area contributed by atoms with Crippen LogP contribution in [0.4, 0.5) is 5.13 Å². The number of nitrogens with zero attached hydrogens (tertiary/aromatic N) is 3. The summed E-state index contributed by atoms with van der Waals surface area (Å²) in [6, 6.07) is 2.50. The molecule has 3 rings (SSSR count). The first-order valence-corrected chi connectivity index (χ1v) is 10.5. The van der Waals surface area contributed by atoms with E-state index in [9.17, 15) is 4.79 Å². The third-order valence-electron chi connectivity index (χ3n) is 3.55. The van der Waals surface area contributed by atoms with Crippen LogP contribution < -0.4 is 5.32 Å². The number of hydrogen-bond acceptors (Lipinski definition) is 8. The third-order valence-corrected chi connectivity index (χ3v) is 6.28. The van der Waals surface area contributed by atoms with Gasteiger partial charge in [0.05, 0.1) is 12.4 Å². The zero-order chi connectivity index (χ0) is 16.8. The molecule has 2 aromatic heterocycles. The molecule has 0 aromatic carbocycles. The highest BCUT2D eigenvalue weighted by atomic mass is 32.2. The summed E-state index contributed by atoms with van der Waals surface area (Å²) in [6.07, 6.45) is 2.24. The standard InChI is InChI=1S/C15H20N4O2S3/c1-21-6-5-16-14-17-18-15(24-14)23-10-13(20)19(12-2-3-12)8-11-4-7-22-9-11/h4,7,9,12H,2-3,5-6,8,10H2,1H3,(H,16,17). The highest BCUT2D eigenvalue weighted by molar-refractivity contribution is 8.01. The summed E-state index contributed by atoms with van der Waals surface area (Å²) in [4.78, 5) is 14.6. The smallest absolute Gasteiger partial charge is 0.233 e. The molecule has 0 atom stereocenters. The molecule has 24 heavy (non-hydrogen) atoms. The third kappa shape index (κ3) is 5.17. The van der Waals surface area contributed by atoms with E-state index in [4.69, 9.17) is 4.74 Å². The zero-order valence-electron chi connectivity index (χ0n) is 13.4. The van der Waals surface area contributed by atoms with E-state index in [0.29, 0.717) is 31.5 Å². The Hall–Kier alpha value is -1.16. The molecule has 0 unspecified atom stereocenters. The molecule has 9 heteroatoms. The van der Waals surface area contributed by atoms with Crippen molar-refractivity contribution in [2.24, 2.45) is 0 Å². The number of rotatable bonds is 10. The van der Waals surface area contributed by atoms with Crippen LogP contribution in [0, 0.1) is 0 Å². The summed E-state index contributed by atoms with van der Waals surface area (Å²) >= 11 is 4.60. The minimum atomic E-state index is 0.179. The number of amides is 1. The zero-order valence-corrected chi connectivity index (χ0v) is 15.9. The molecule has 2 heterocycles. The summed E-state index contributed by atoms with van der Waals surface area (Å²) in [6.45, 7) is 2.04. The minimum Gasteiger partial charge on any atom is -0.383 e. The first kappa shape index (κ1) is 17.7. The molecule has 0 spiro atoms. The van der Waals surface area contributed by atoms with E-state index < -0.39 is 0 Å². The fraction of sp³-hybridized carbons (Fsp3) is 0.533. The highest BCUT2D eigenvalue weighted by Crippen LogP contribution is 2.31. The Morgan fingerprint density at radius 3 is 3.08 bits per heavy atom. The van der Waals surface area contributed by atoms with E-state index in [0.717, 1.165) is 22.3 Å². The van der Waals surface area contributed by atoms with Gasteiger partial charge >= 0.3 is 0 Å². The molecule has 6 nitrogen and oxygen atoms in total. The van der Waals surface area contributed by atoms with E-state index in [1.807, 2.05) is 4.90 Å². The molecule has 2 aromatic rings. The van der Waals surface area contributed by atoms with Crippen LogP contribution in [0.2, 0.25) is 0 Å². The van der Waals surface area contributed by atoms with Crippen molar-refractivity contribution in [2.45, 2.75) is 29.8 Å². The molecule has 0 bridgehead atoms. The Balaban J connectivity index is 1.48. The Morgan fingerprint density at radius 1 is 1.50 bits per heavy atom. The lowest BCUT2D eigenvalue weighted by atomic mass is 10.3. The fourth-order valence-electron chi connectivity index (χ4n) is 2.19. The molecule has 0 aliphatic heterocycles. The van der Waals surface area contributed by atoms with E-state index in [1.165, 1.54) is 28.7 Å². The van der Waals surface area contributed by atoms with Gasteiger partial charge in [-0.05, 0) is 35.2 Å². The topological polar surface area (TPSA) is 67.3 Å². The summed E-state index contributed by atoms with van der Waals surface area (Å²) < 4.78 is 5.80. The molecule has 1 amide bonds. The molecule has 1 N–H and O–H groups in total. The van der Waals surface area contributed by atoms with Crippen molar-refractivity contribution in [1.82, 2.24) is 15.1 Å². The van der Waals surface area contributed by atoms with Crippen LogP contribution in [-0.4, -0.2) is 53.1 Å². The van der Waals surface area contributed by atoms with Gasteiger partial charge in [-0.1, -0.05) is 23.1 Å². The van der Waals surface area contributed by atoms with Crippen LogP contribution in [0.3, 0.4) is 0 Å². The maximum absolute atomic E-state index is 12.6. The van der Waals surface area contributed by atoms with Gasteiger partial charge in [-0.2, -0.15) is 11.3 Å². The molecule has 1 saturated carbocycles. The maximum atomic E-state index is 12.6. The number of nitrogens with one attached hydrogen (secondary N) is 1. The minimum absolute atomic E-state index is 0.179. The van der Waals surface area contributed by atoms with Gasteiger partial charge in [0.15, 0.2) is 4.34 Å². The van der Waals surface area contributed by atoms with Crippen LogP contribution in [-0.2, 0) is 16.1 Å². The normalized spacial score (nSPS) is 13.9. The second-order valence-corrected chi connectivity index (χ2v) is 8.45. The van der Waals surface area contributed by atoms with E-state index in [2.05, 4.69) is 32.3 Å². The van der Waals surface area contributed by atoms with Gasteiger partial charge in [0.2, 0.25) is 11.0 Å². The quantitative estimate of drug-likeness (QED) is 0.502. The van der Waals surface area contributed by atoms with Gasteiger partial charge in [-0.15, -0.1) is 10.2 Å². The largest absolute Gasteiger partial charge is 0.383 e. The summed E-state index contributed by atoms with van der Waals surface area (Å²) in [7, 11) is 1.66. The predicted octanol–water partition coefficient (Wildman–Crippen LogP) is 2.94. The van der Waals surface area contributed by atoms with E-state index in [1.54, 1.807) is 18.4 Å². The monoisotopic (exact) mass is 384 g/mol. The molecular formula is C15H20N4O2S3. The molecule has 1 aliphatic carbocycles. The lowest BCUT2D eigenvalue weighted by Crippen LogP contribution is -2.33. The van der Waals surface area contributed by atoms with Gasteiger partial charge in [0.1, 0.15) is 0 Å². The SMILES string of the molecule is COCCNc1nnc(SCC(=O)N(Cc2ccsc2)C2CC2)s1. The van der Waals surface area contributed by atoms with Gasteiger partial charge < -0.3 is 15.0 Å². The van der Waals surface area contributed by atoms with Crippen LogP contribution in [0.5, 0.6) is 0 Å². The van der Waals surface area contributed by atoms with Gasteiger partial charge in [0.25, 0.3) is 0 Å². The highest BCUT2D eigenvalue weighted by Gasteiger charge is 2.32. The van der Waals surface area contributed by atoms with Crippen molar-refractivity contribution in [1.29, 1.82) is 0 Å². The van der Waals surface area contributed by atoms with Gasteiger partial charge in [0, 0.05) is 26.2 Å². The number of carbonyl (C=O) groups is 1. The number of aromatic nitrogens is 2. The summed E-state index contributed by atoms with van der Waals surface area (Å²) in [5.74, 6) is 0.589. The van der Waals surface area contributed by atoms with Crippen LogP contribution in [0.1, 0.15) is 18.4 Å². The number of hydrogen-bond donors (Lipinski definition) is 1. The van der Waals surface area contributed by atoms with Crippen LogP contribution >= 0.6 is 34.4 Å². The second-order valence-electron chi connectivity index (χ2n) is 5.47. The van der Waals surface area contributed by atoms with Crippen molar-refractivity contribution in [3.05, 3.63) is 22.4 Å². The van der Waals surface area contributed by atoms with Gasteiger partial charge in [-0.25, -0.2) is 0 Å². The van der Waals surface area contributed by atoms with Crippen molar-refractivity contribution in [3.63, 3.8) is 0 Å². The van der Waals surface area contributed by atoms with Crippen molar-refractivity contribution in [2.75, 3.05) is 31.3 Å². The maximum Gasteiger partial charge on any atom is 0.233 e. The summed E-state index contributed by atoms with van der Waals surface area (Å²) in [5, 5.41) is 16.3. The van der Waals surface area contributed by atoms with Crippen molar-refractivity contribution < 1.29 is 9.53 Å². The van der Waals surface area contributed by atoms with E-state index >= 15 is 0 Å². The van der Waals surface area contributed by atoms with Crippen LogP contribution in [0.25, 0.3) is 0 Å². The summed E-state index contributed by atoms with van der Waals surface area (Å²) in [5.41, 5.74) is 1.21. The van der Waals surface area contributed by atoms with Crippen molar-refractivity contribution in [3.8, 4) is 0 Å². The first-order valence-electron chi connectivity index (χ1n) is 7.76. The molecular weight excluding hydrogens is 364 g/mol. The molecule has 0 radical (unpaired) electrons. The Morgan fingerprint density at radius 2 is 2.38 bits per heavy atom. The fourth-order valence-corrected chi connectivity index (χ4v) is 4.52.